The molecule has 0 saturated carbocycles. The fourth-order valence-corrected chi connectivity index (χ4v) is 3.24. The van der Waals surface area contributed by atoms with Crippen LogP contribution in [0.5, 0.6) is 0 Å². The second-order valence-corrected chi connectivity index (χ2v) is 7.02. The van der Waals surface area contributed by atoms with Crippen LogP contribution in [-0.4, -0.2) is 10.3 Å². The molecule has 0 heterocycles. The van der Waals surface area contributed by atoms with Crippen LogP contribution in [0, 0.1) is 41.5 Å². The van der Waals surface area contributed by atoms with Gasteiger partial charge < -0.3 is 0 Å². The second kappa shape index (κ2) is 7.50. The summed E-state index contributed by atoms with van der Waals surface area (Å²) >= 11 is 12.6. The minimum atomic E-state index is 0.200. The van der Waals surface area contributed by atoms with Gasteiger partial charge in [-0.25, -0.2) is 9.98 Å². The lowest BCUT2D eigenvalue weighted by Gasteiger charge is -2.09. The first-order valence-electron chi connectivity index (χ1n) is 7.83. The van der Waals surface area contributed by atoms with E-state index < -0.39 is 0 Å². The molecule has 0 fully saturated rings. The average molecular weight is 361 g/mol. The molecule has 2 aromatic carbocycles. The minimum absolute atomic E-state index is 0.200. The van der Waals surface area contributed by atoms with Crippen molar-refractivity contribution in [3.63, 3.8) is 0 Å². The SMILES string of the molecule is Cc1cc(C)c(N=C(Cl)C(Cl)=Nc2c(C)cc(C)cc2C)c(C)c1. The van der Waals surface area contributed by atoms with Gasteiger partial charge in [-0.3, -0.25) is 0 Å². The van der Waals surface area contributed by atoms with Gasteiger partial charge in [0, 0.05) is 0 Å². The maximum Gasteiger partial charge on any atom is 0.166 e. The van der Waals surface area contributed by atoms with Gasteiger partial charge in [0.1, 0.15) is 0 Å². The fourth-order valence-electron chi connectivity index (χ4n) is 2.99. The van der Waals surface area contributed by atoms with E-state index in [4.69, 9.17) is 23.2 Å². The molecule has 2 nitrogen and oxygen atoms in total. The van der Waals surface area contributed by atoms with Crippen LogP contribution < -0.4 is 0 Å². The third-order valence-electron chi connectivity index (χ3n) is 3.86. The Hall–Kier alpha value is -1.64. The zero-order valence-electron chi connectivity index (χ0n) is 15.0. The van der Waals surface area contributed by atoms with Crippen LogP contribution in [0.2, 0.25) is 0 Å². The van der Waals surface area contributed by atoms with Crippen LogP contribution in [0.15, 0.2) is 34.3 Å². The Labute approximate surface area is 154 Å². The van der Waals surface area contributed by atoms with E-state index >= 15 is 0 Å². The highest BCUT2D eigenvalue weighted by atomic mass is 35.5. The van der Waals surface area contributed by atoms with Gasteiger partial charge in [0.25, 0.3) is 0 Å². The molecule has 0 aliphatic rings. The summed E-state index contributed by atoms with van der Waals surface area (Å²) in [5.74, 6) is 0. The van der Waals surface area contributed by atoms with E-state index in [1.807, 2.05) is 27.7 Å². The van der Waals surface area contributed by atoms with E-state index in [9.17, 15) is 0 Å². The molecule has 0 aromatic heterocycles. The average Bonchev–Trinajstić information content (AvgIpc) is 2.46. The van der Waals surface area contributed by atoms with Crippen molar-refractivity contribution in [1.29, 1.82) is 0 Å². The summed E-state index contributed by atoms with van der Waals surface area (Å²) < 4.78 is 0. The largest absolute Gasteiger partial charge is 0.233 e. The molecule has 24 heavy (non-hydrogen) atoms. The highest BCUT2D eigenvalue weighted by Crippen LogP contribution is 2.28. The van der Waals surface area contributed by atoms with E-state index in [1.165, 1.54) is 11.1 Å². The molecule has 126 valence electrons. The highest BCUT2D eigenvalue weighted by molar-refractivity contribution is 7.00. The van der Waals surface area contributed by atoms with Crippen molar-refractivity contribution in [3.05, 3.63) is 57.6 Å². The molecule has 0 atom stereocenters. The van der Waals surface area contributed by atoms with Crippen molar-refractivity contribution >= 4 is 44.9 Å². The second-order valence-electron chi connectivity index (χ2n) is 6.30. The quantitative estimate of drug-likeness (QED) is 0.539. The Morgan fingerprint density at radius 2 is 0.833 bits per heavy atom. The van der Waals surface area contributed by atoms with Crippen LogP contribution in [0.25, 0.3) is 0 Å². The lowest BCUT2D eigenvalue weighted by atomic mass is 10.1. The number of aliphatic imine (C=N–C) groups is 2. The topological polar surface area (TPSA) is 24.7 Å². The Morgan fingerprint density at radius 3 is 1.08 bits per heavy atom. The molecule has 4 heteroatoms. The van der Waals surface area contributed by atoms with Gasteiger partial charge in [0.2, 0.25) is 0 Å². The van der Waals surface area contributed by atoms with E-state index in [0.717, 1.165) is 33.6 Å². The van der Waals surface area contributed by atoms with Gasteiger partial charge in [-0.05, 0) is 63.8 Å². The summed E-state index contributed by atoms with van der Waals surface area (Å²) in [5.41, 5.74) is 8.36. The maximum absolute atomic E-state index is 6.32. The minimum Gasteiger partial charge on any atom is -0.233 e. The Bertz CT molecular complexity index is 731. The van der Waals surface area contributed by atoms with Gasteiger partial charge in [-0.1, -0.05) is 58.6 Å². The first-order valence-corrected chi connectivity index (χ1v) is 8.59. The third kappa shape index (κ3) is 4.25. The predicted octanol–water partition coefficient (Wildman–Crippen LogP) is 6.77. The number of hydrogen-bond donors (Lipinski definition) is 0. The monoisotopic (exact) mass is 360 g/mol. The molecule has 0 radical (unpaired) electrons. The number of aryl methyl sites for hydroxylation is 6. The van der Waals surface area contributed by atoms with Crippen LogP contribution in [-0.2, 0) is 0 Å². The van der Waals surface area contributed by atoms with Crippen molar-refractivity contribution in [2.45, 2.75) is 41.5 Å². The van der Waals surface area contributed by atoms with Crippen LogP contribution in [0.1, 0.15) is 33.4 Å². The van der Waals surface area contributed by atoms with E-state index in [2.05, 4.69) is 48.1 Å². The van der Waals surface area contributed by atoms with E-state index in [1.54, 1.807) is 0 Å². The van der Waals surface area contributed by atoms with Gasteiger partial charge in [0.05, 0.1) is 11.4 Å². The lowest BCUT2D eigenvalue weighted by Crippen LogP contribution is -2.00. The van der Waals surface area contributed by atoms with Crippen molar-refractivity contribution in [2.75, 3.05) is 0 Å². The maximum atomic E-state index is 6.32. The van der Waals surface area contributed by atoms with Crippen LogP contribution in [0.3, 0.4) is 0 Å². The molecule has 0 aliphatic heterocycles. The van der Waals surface area contributed by atoms with Crippen molar-refractivity contribution in [3.8, 4) is 0 Å². The molecule has 0 unspecified atom stereocenters. The zero-order valence-corrected chi connectivity index (χ0v) is 16.5. The Balaban J connectivity index is 2.45. The predicted molar refractivity (Wildman–Crippen MR) is 107 cm³/mol. The molecule has 0 spiro atoms. The lowest BCUT2D eigenvalue weighted by molar-refractivity contribution is 1.28. The summed E-state index contributed by atoms with van der Waals surface area (Å²) in [6.07, 6.45) is 0. The van der Waals surface area contributed by atoms with Crippen molar-refractivity contribution < 1.29 is 0 Å². The standard InChI is InChI=1S/C20H22Cl2N2/c1-11-7-13(3)17(14(4)8-11)23-19(21)20(22)24-18-15(5)9-12(2)10-16(18)6/h7-10H,1-6H3. The van der Waals surface area contributed by atoms with Gasteiger partial charge in [-0.2, -0.15) is 0 Å². The van der Waals surface area contributed by atoms with Crippen molar-refractivity contribution in [1.82, 2.24) is 0 Å². The van der Waals surface area contributed by atoms with Gasteiger partial charge >= 0.3 is 0 Å². The molecule has 0 N–H and O–H groups in total. The summed E-state index contributed by atoms with van der Waals surface area (Å²) in [7, 11) is 0. The van der Waals surface area contributed by atoms with Crippen LogP contribution >= 0.6 is 23.2 Å². The number of halogens is 2. The molecular formula is C20H22Cl2N2. The molecule has 0 amide bonds. The zero-order chi connectivity index (χ0) is 18.0. The fraction of sp³-hybridized carbons (Fsp3) is 0.300. The first-order chi connectivity index (χ1) is 11.2. The molecule has 0 aliphatic carbocycles. The van der Waals surface area contributed by atoms with E-state index in [-0.39, 0.29) is 10.3 Å². The highest BCUT2D eigenvalue weighted by Gasteiger charge is 2.10. The summed E-state index contributed by atoms with van der Waals surface area (Å²) in [6, 6.07) is 8.31. The number of rotatable bonds is 3. The summed E-state index contributed by atoms with van der Waals surface area (Å²) in [5, 5.41) is 0.400. The molecule has 2 aromatic rings. The normalized spacial score (nSPS) is 12.7. The smallest absolute Gasteiger partial charge is 0.166 e. The first kappa shape index (κ1) is 18.7. The number of hydrogen-bond acceptors (Lipinski definition) is 2. The van der Waals surface area contributed by atoms with E-state index in [0.29, 0.717) is 0 Å². The molecular weight excluding hydrogens is 339 g/mol. The Morgan fingerprint density at radius 1 is 0.583 bits per heavy atom. The molecule has 0 bridgehead atoms. The Kier molecular flexibility index (Phi) is 5.84. The van der Waals surface area contributed by atoms with Gasteiger partial charge in [-0.15, -0.1) is 0 Å². The summed E-state index contributed by atoms with van der Waals surface area (Å²) in [4.78, 5) is 8.98. The number of benzene rings is 2. The molecule has 0 saturated heterocycles. The number of nitrogens with zero attached hydrogens (tertiary/aromatic N) is 2. The van der Waals surface area contributed by atoms with Crippen LogP contribution in [0.4, 0.5) is 11.4 Å². The third-order valence-corrected chi connectivity index (χ3v) is 4.48. The van der Waals surface area contributed by atoms with Crippen molar-refractivity contribution in [2.24, 2.45) is 9.98 Å². The van der Waals surface area contributed by atoms with Gasteiger partial charge in [0.15, 0.2) is 10.3 Å². The summed E-state index contributed by atoms with van der Waals surface area (Å²) in [6.45, 7) is 12.2. The molecule has 2 rings (SSSR count).